The van der Waals surface area contributed by atoms with Gasteiger partial charge in [0.15, 0.2) is 0 Å². The van der Waals surface area contributed by atoms with Crippen molar-refractivity contribution in [2.75, 3.05) is 4.90 Å². The van der Waals surface area contributed by atoms with Crippen LogP contribution in [-0.2, 0) is 5.41 Å². The molecular weight excluding hydrogens is 867 g/mol. The molecule has 0 amide bonds. The fourth-order valence-electron chi connectivity index (χ4n) is 11.5. The van der Waals surface area contributed by atoms with Crippen molar-refractivity contribution in [2.24, 2.45) is 0 Å². The summed E-state index contributed by atoms with van der Waals surface area (Å²) in [4.78, 5) is 2.47. The van der Waals surface area contributed by atoms with Crippen LogP contribution >= 0.6 is 0 Å². The second kappa shape index (κ2) is 18.2. The summed E-state index contributed by atoms with van der Waals surface area (Å²) in [7, 11) is 0. The summed E-state index contributed by atoms with van der Waals surface area (Å²) >= 11 is 0. The molecule has 0 aliphatic heterocycles. The molecule has 72 heavy (non-hydrogen) atoms. The fourth-order valence-corrected chi connectivity index (χ4v) is 11.5. The van der Waals surface area contributed by atoms with Crippen LogP contribution < -0.4 is 4.90 Å². The van der Waals surface area contributed by atoms with Gasteiger partial charge in [-0.25, -0.2) is 0 Å². The van der Waals surface area contributed by atoms with Gasteiger partial charge in [-0.15, -0.1) is 0 Å². The van der Waals surface area contributed by atoms with E-state index in [9.17, 15) is 0 Å². The van der Waals surface area contributed by atoms with E-state index in [0.29, 0.717) is 0 Å². The quantitative estimate of drug-likeness (QED) is 0.132. The molecule has 0 radical (unpaired) electrons. The molecule has 0 aromatic heterocycles. The second-order valence-electron chi connectivity index (χ2n) is 18.8. The predicted molar refractivity (Wildman–Crippen MR) is 303 cm³/mol. The van der Waals surface area contributed by atoms with Gasteiger partial charge in [0.05, 0.1) is 5.41 Å². The van der Waals surface area contributed by atoms with Crippen molar-refractivity contribution in [3.05, 3.63) is 320 Å². The van der Waals surface area contributed by atoms with Crippen LogP contribution in [0.2, 0.25) is 0 Å². The van der Waals surface area contributed by atoms with Gasteiger partial charge in [0.2, 0.25) is 0 Å². The zero-order chi connectivity index (χ0) is 47.8. The Morgan fingerprint density at radius 3 is 1.35 bits per heavy atom. The Labute approximate surface area is 422 Å². The third kappa shape index (κ3) is 7.34. The first-order valence-corrected chi connectivity index (χ1v) is 24.9. The van der Waals surface area contributed by atoms with Gasteiger partial charge in [0.1, 0.15) is 0 Å². The molecule has 0 bridgehead atoms. The Kier molecular flexibility index (Phi) is 10.8. The first-order chi connectivity index (χ1) is 35.7. The van der Waals surface area contributed by atoms with Crippen LogP contribution in [-0.4, -0.2) is 0 Å². The normalized spacial score (nSPS) is 12.3. The highest BCUT2D eigenvalue weighted by Crippen LogP contribution is 2.57. The van der Waals surface area contributed by atoms with Gasteiger partial charge in [-0.3, -0.25) is 0 Å². The van der Waals surface area contributed by atoms with E-state index in [1.54, 1.807) is 0 Å². The number of anilines is 3. The molecule has 1 aliphatic rings. The largest absolute Gasteiger partial charge is 0.310 e. The predicted octanol–water partition coefficient (Wildman–Crippen LogP) is 19.0. The van der Waals surface area contributed by atoms with Crippen molar-refractivity contribution in [1.82, 2.24) is 0 Å². The van der Waals surface area contributed by atoms with Crippen LogP contribution in [0, 0.1) is 0 Å². The highest BCUT2D eigenvalue weighted by molar-refractivity contribution is 6.00. The van der Waals surface area contributed by atoms with Gasteiger partial charge in [-0.05, 0) is 142 Å². The van der Waals surface area contributed by atoms with Crippen molar-refractivity contribution >= 4 is 27.8 Å². The summed E-state index contributed by atoms with van der Waals surface area (Å²) in [5, 5.41) is 2.46. The van der Waals surface area contributed by atoms with Gasteiger partial charge in [-0.1, -0.05) is 255 Å². The first-order valence-electron chi connectivity index (χ1n) is 24.9. The van der Waals surface area contributed by atoms with Gasteiger partial charge < -0.3 is 4.90 Å². The fraction of sp³-hybridized carbons (Fsp3) is 0.0141. The molecule has 12 aromatic carbocycles. The van der Waals surface area contributed by atoms with E-state index in [0.717, 1.165) is 28.2 Å². The lowest BCUT2D eigenvalue weighted by atomic mass is 9.67. The molecule has 338 valence electrons. The van der Waals surface area contributed by atoms with Crippen LogP contribution in [0.1, 0.15) is 22.3 Å². The van der Waals surface area contributed by atoms with Crippen LogP contribution in [0.15, 0.2) is 297 Å². The molecule has 1 aliphatic carbocycles. The molecular formula is C71H49N. The Hall–Kier alpha value is -9.30. The Bertz CT molecular complexity index is 3870. The Balaban J connectivity index is 1.05. The molecule has 0 spiro atoms. The van der Waals surface area contributed by atoms with Gasteiger partial charge in [0, 0.05) is 17.1 Å². The van der Waals surface area contributed by atoms with E-state index >= 15 is 0 Å². The Morgan fingerprint density at radius 2 is 0.667 bits per heavy atom. The van der Waals surface area contributed by atoms with Crippen molar-refractivity contribution in [3.63, 3.8) is 0 Å². The zero-order valence-electron chi connectivity index (χ0n) is 39.7. The summed E-state index contributed by atoms with van der Waals surface area (Å²) in [6.45, 7) is 0. The summed E-state index contributed by atoms with van der Waals surface area (Å²) < 4.78 is 0. The van der Waals surface area contributed by atoms with Crippen LogP contribution in [0.4, 0.5) is 17.1 Å². The average Bonchev–Trinajstić information content (AvgIpc) is 3.76. The minimum Gasteiger partial charge on any atom is -0.310 e. The molecule has 1 nitrogen and oxygen atoms in total. The van der Waals surface area contributed by atoms with Crippen LogP contribution in [0.25, 0.3) is 77.5 Å². The van der Waals surface area contributed by atoms with Gasteiger partial charge in [-0.2, -0.15) is 0 Å². The molecule has 12 aromatic rings. The average molecular weight is 916 g/mol. The van der Waals surface area contributed by atoms with E-state index in [2.05, 4.69) is 302 Å². The highest BCUT2D eigenvalue weighted by Gasteiger charge is 2.46. The smallest absolute Gasteiger partial charge is 0.0714 e. The molecule has 0 saturated heterocycles. The third-order valence-corrected chi connectivity index (χ3v) is 14.7. The van der Waals surface area contributed by atoms with Crippen molar-refractivity contribution < 1.29 is 0 Å². The molecule has 0 fully saturated rings. The molecule has 0 heterocycles. The van der Waals surface area contributed by atoms with Gasteiger partial charge in [0.25, 0.3) is 0 Å². The summed E-state index contributed by atoms with van der Waals surface area (Å²) in [6, 6.07) is 109. The first kappa shape index (κ1) is 42.8. The van der Waals surface area contributed by atoms with Crippen molar-refractivity contribution in [3.8, 4) is 66.8 Å². The van der Waals surface area contributed by atoms with E-state index < -0.39 is 5.41 Å². The lowest BCUT2D eigenvalue weighted by Crippen LogP contribution is -2.28. The van der Waals surface area contributed by atoms with Gasteiger partial charge >= 0.3 is 0 Å². The summed E-state index contributed by atoms with van der Waals surface area (Å²) in [6.07, 6.45) is 0. The maximum Gasteiger partial charge on any atom is 0.0714 e. The van der Waals surface area contributed by atoms with E-state index in [1.807, 2.05) is 0 Å². The maximum absolute atomic E-state index is 2.47. The molecule has 13 rings (SSSR count). The van der Waals surface area contributed by atoms with Crippen molar-refractivity contribution in [2.45, 2.75) is 5.41 Å². The van der Waals surface area contributed by atoms with E-state index in [4.69, 9.17) is 0 Å². The molecule has 0 N–H and O–H groups in total. The number of fused-ring (bicyclic) bond motifs is 4. The number of benzene rings is 12. The monoisotopic (exact) mass is 915 g/mol. The standard InChI is InChI=1S/C71H49N/c1-5-23-51(24-6-1)62-36-15-16-38-67(62)70-63(52-25-7-2-8-26-52)39-21-40-64(70)56-29-20-35-60(48-56)72(59-34-19-28-54(47-59)55-43-42-50-22-13-14-27-53(50)46-55)61-44-45-66-65-37-17-18-41-68(65)71(69(66)49-61,57-30-9-3-10-31-57)58-32-11-4-12-33-58/h1-49H. The lowest BCUT2D eigenvalue weighted by molar-refractivity contribution is 0.768. The SMILES string of the molecule is c1ccc(-c2ccccc2-c2c(-c3ccccc3)cccc2-c2cccc(N(c3cccc(-c4ccc5ccccc5c4)c3)c3ccc4c(c3)C(c3ccccc3)(c3ccccc3)c3ccccc3-4)c2)cc1. The minimum absolute atomic E-state index is 0.552. The highest BCUT2D eigenvalue weighted by atomic mass is 15.1. The van der Waals surface area contributed by atoms with E-state index in [1.165, 1.54) is 88.7 Å². The number of nitrogens with zero attached hydrogens (tertiary/aromatic N) is 1. The third-order valence-electron chi connectivity index (χ3n) is 14.7. The molecule has 0 atom stereocenters. The number of rotatable bonds is 10. The summed E-state index contributed by atoms with van der Waals surface area (Å²) in [5.41, 5.74) is 22.0. The van der Waals surface area contributed by atoms with Crippen LogP contribution in [0.3, 0.4) is 0 Å². The maximum atomic E-state index is 2.47. The number of hydrogen-bond donors (Lipinski definition) is 0. The molecule has 0 saturated carbocycles. The number of hydrogen-bond acceptors (Lipinski definition) is 1. The second-order valence-corrected chi connectivity index (χ2v) is 18.8. The molecule has 1 heteroatoms. The zero-order valence-corrected chi connectivity index (χ0v) is 39.7. The van der Waals surface area contributed by atoms with Crippen LogP contribution in [0.5, 0.6) is 0 Å². The topological polar surface area (TPSA) is 3.24 Å². The Morgan fingerprint density at radius 1 is 0.222 bits per heavy atom. The summed E-state index contributed by atoms with van der Waals surface area (Å²) in [5.74, 6) is 0. The van der Waals surface area contributed by atoms with E-state index in [-0.39, 0.29) is 0 Å². The molecule has 0 unspecified atom stereocenters. The van der Waals surface area contributed by atoms with Crippen molar-refractivity contribution in [1.29, 1.82) is 0 Å². The minimum atomic E-state index is -0.552. The lowest BCUT2D eigenvalue weighted by Gasteiger charge is -2.35.